The van der Waals surface area contributed by atoms with Crippen molar-refractivity contribution in [2.75, 3.05) is 6.61 Å². The fourth-order valence-electron chi connectivity index (χ4n) is 1.37. The highest BCUT2D eigenvalue weighted by Crippen LogP contribution is 2.15. The summed E-state index contributed by atoms with van der Waals surface area (Å²) < 4.78 is 9.96. The van der Waals surface area contributed by atoms with E-state index in [1.807, 2.05) is 27.7 Å². The van der Waals surface area contributed by atoms with Crippen LogP contribution < -0.4 is 0 Å². The van der Waals surface area contributed by atoms with Gasteiger partial charge in [-0.1, -0.05) is 13.8 Å². The highest BCUT2D eigenvalue weighted by atomic mass is 17.2. The SMILES string of the molecule is CCC(C)(C)OOC(=O)OCCCCC(C)OC(=O)OOC(C)(C)CC. The zero-order valence-electron chi connectivity index (χ0n) is 17.1. The first kappa shape index (κ1) is 24.5. The Labute approximate surface area is 156 Å². The smallest absolute Gasteiger partial charge is 0.432 e. The first-order valence-corrected chi connectivity index (χ1v) is 9.10. The van der Waals surface area contributed by atoms with Crippen LogP contribution in [0.2, 0.25) is 0 Å². The third-order valence-corrected chi connectivity index (χ3v) is 3.90. The second-order valence-corrected chi connectivity index (χ2v) is 7.33. The molecule has 0 fully saturated rings. The van der Waals surface area contributed by atoms with Crippen molar-refractivity contribution >= 4 is 12.3 Å². The molecule has 0 spiro atoms. The van der Waals surface area contributed by atoms with Gasteiger partial charge in [-0.05, 0) is 66.7 Å². The Hall–Kier alpha value is -1.54. The lowest BCUT2D eigenvalue weighted by molar-refractivity contribution is -0.319. The molecule has 154 valence electrons. The van der Waals surface area contributed by atoms with Gasteiger partial charge in [-0.2, -0.15) is 9.78 Å². The Morgan fingerprint density at radius 1 is 0.846 bits per heavy atom. The predicted octanol–water partition coefficient (Wildman–Crippen LogP) is 5.09. The monoisotopic (exact) mass is 378 g/mol. The summed E-state index contributed by atoms with van der Waals surface area (Å²) in [5.74, 6) is 0. The van der Waals surface area contributed by atoms with Gasteiger partial charge in [-0.15, -0.1) is 0 Å². The van der Waals surface area contributed by atoms with E-state index >= 15 is 0 Å². The van der Waals surface area contributed by atoms with E-state index in [0.717, 1.165) is 0 Å². The second-order valence-electron chi connectivity index (χ2n) is 7.33. The molecular formula is C18H34O8. The van der Waals surface area contributed by atoms with E-state index in [9.17, 15) is 9.59 Å². The van der Waals surface area contributed by atoms with Crippen molar-refractivity contribution in [3.8, 4) is 0 Å². The topological polar surface area (TPSA) is 89.5 Å². The highest BCUT2D eigenvalue weighted by Gasteiger charge is 2.22. The molecule has 0 aliphatic carbocycles. The first-order chi connectivity index (χ1) is 12.0. The van der Waals surface area contributed by atoms with Crippen molar-refractivity contribution < 1.29 is 38.6 Å². The quantitative estimate of drug-likeness (QED) is 0.201. The first-order valence-electron chi connectivity index (χ1n) is 9.10. The van der Waals surface area contributed by atoms with Gasteiger partial charge >= 0.3 is 12.3 Å². The minimum Gasteiger partial charge on any atom is -0.432 e. The van der Waals surface area contributed by atoms with Crippen LogP contribution in [-0.2, 0) is 29.0 Å². The molecule has 8 nitrogen and oxygen atoms in total. The van der Waals surface area contributed by atoms with Gasteiger partial charge in [0.1, 0.15) is 17.3 Å². The van der Waals surface area contributed by atoms with Crippen molar-refractivity contribution in [2.45, 2.75) is 97.9 Å². The fraction of sp³-hybridized carbons (Fsp3) is 0.889. The van der Waals surface area contributed by atoms with Gasteiger partial charge in [0.15, 0.2) is 0 Å². The summed E-state index contributed by atoms with van der Waals surface area (Å²) in [7, 11) is 0. The highest BCUT2D eigenvalue weighted by molar-refractivity contribution is 5.59. The predicted molar refractivity (Wildman–Crippen MR) is 94.2 cm³/mol. The van der Waals surface area contributed by atoms with Gasteiger partial charge in [0.25, 0.3) is 0 Å². The molecule has 26 heavy (non-hydrogen) atoms. The number of ether oxygens (including phenoxy) is 2. The van der Waals surface area contributed by atoms with Gasteiger partial charge < -0.3 is 9.47 Å². The lowest BCUT2D eigenvalue weighted by Crippen LogP contribution is -2.26. The van der Waals surface area contributed by atoms with Gasteiger partial charge in [0, 0.05) is 0 Å². The Bertz CT molecular complexity index is 419. The van der Waals surface area contributed by atoms with Crippen LogP contribution >= 0.6 is 0 Å². The molecule has 0 amide bonds. The molecule has 0 saturated heterocycles. The molecule has 0 aromatic carbocycles. The summed E-state index contributed by atoms with van der Waals surface area (Å²) in [4.78, 5) is 42.1. The summed E-state index contributed by atoms with van der Waals surface area (Å²) in [6, 6.07) is 0. The number of rotatable bonds is 12. The lowest BCUT2D eigenvalue weighted by Gasteiger charge is -2.21. The molecule has 0 radical (unpaired) electrons. The summed E-state index contributed by atoms with van der Waals surface area (Å²) in [5.41, 5.74) is -1.10. The number of carbonyl (C=O) groups excluding carboxylic acids is 2. The maximum Gasteiger partial charge on any atom is 0.540 e. The average molecular weight is 378 g/mol. The molecule has 1 atom stereocenters. The third-order valence-electron chi connectivity index (χ3n) is 3.90. The number of carbonyl (C=O) groups is 2. The van der Waals surface area contributed by atoms with E-state index in [0.29, 0.717) is 32.1 Å². The Kier molecular flexibility index (Phi) is 11.2. The Morgan fingerprint density at radius 2 is 1.35 bits per heavy atom. The molecule has 1 unspecified atom stereocenters. The lowest BCUT2D eigenvalue weighted by atomic mass is 10.1. The maximum absolute atomic E-state index is 11.5. The van der Waals surface area contributed by atoms with Crippen LogP contribution in [0, 0.1) is 0 Å². The molecule has 0 aromatic rings. The molecule has 0 rings (SSSR count). The Morgan fingerprint density at radius 3 is 1.85 bits per heavy atom. The molecular weight excluding hydrogens is 344 g/mol. The van der Waals surface area contributed by atoms with Crippen LogP contribution in [0.25, 0.3) is 0 Å². The van der Waals surface area contributed by atoms with Gasteiger partial charge in [-0.3, -0.25) is 9.78 Å². The number of hydrogen-bond donors (Lipinski definition) is 0. The van der Waals surface area contributed by atoms with Crippen LogP contribution in [0.5, 0.6) is 0 Å². The van der Waals surface area contributed by atoms with Crippen LogP contribution in [0.15, 0.2) is 0 Å². The van der Waals surface area contributed by atoms with E-state index in [-0.39, 0.29) is 12.7 Å². The zero-order chi connectivity index (χ0) is 20.2. The molecule has 0 aliphatic rings. The number of unbranched alkanes of at least 4 members (excludes halogenated alkanes) is 1. The molecule has 0 heterocycles. The molecule has 8 heteroatoms. The minimum atomic E-state index is -0.866. The van der Waals surface area contributed by atoms with Gasteiger partial charge in [-0.25, -0.2) is 9.59 Å². The fourth-order valence-corrected chi connectivity index (χ4v) is 1.37. The maximum atomic E-state index is 11.5. The standard InChI is InChI=1S/C18H34O8/c1-8-17(4,5)25-23-15(19)21-13-11-10-12-14(3)22-16(20)24-26-18(6,7)9-2/h14H,8-13H2,1-7H3. The van der Waals surface area contributed by atoms with E-state index < -0.39 is 23.5 Å². The van der Waals surface area contributed by atoms with Crippen LogP contribution in [-0.4, -0.2) is 36.2 Å². The van der Waals surface area contributed by atoms with Crippen LogP contribution in [0.4, 0.5) is 9.59 Å². The third kappa shape index (κ3) is 12.8. The minimum absolute atomic E-state index is 0.194. The van der Waals surface area contributed by atoms with E-state index in [4.69, 9.17) is 19.2 Å². The van der Waals surface area contributed by atoms with E-state index in [2.05, 4.69) is 9.78 Å². The normalized spacial score (nSPS) is 13.0. The van der Waals surface area contributed by atoms with Crippen molar-refractivity contribution in [1.82, 2.24) is 0 Å². The van der Waals surface area contributed by atoms with Crippen molar-refractivity contribution in [3.63, 3.8) is 0 Å². The molecule has 0 N–H and O–H groups in total. The second kappa shape index (κ2) is 12.0. The van der Waals surface area contributed by atoms with Crippen molar-refractivity contribution in [2.24, 2.45) is 0 Å². The van der Waals surface area contributed by atoms with Crippen molar-refractivity contribution in [3.05, 3.63) is 0 Å². The average Bonchev–Trinajstić information content (AvgIpc) is 2.58. The summed E-state index contributed by atoms with van der Waals surface area (Å²) >= 11 is 0. The summed E-state index contributed by atoms with van der Waals surface area (Å²) in [6.07, 6.45) is 1.23. The van der Waals surface area contributed by atoms with Crippen LogP contribution in [0.1, 0.15) is 80.6 Å². The molecule has 0 aromatic heterocycles. The van der Waals surface area contributed by atoms with Gasteiger partial charge in [0.05, 0.1) is 6.61 Å². The molecule has 0 aliphatic heterocycles. The van der Waals surface area contributed by atoms with E-state index in [1.165, 1.54) is 0 Å². The zero-order valence-corrected chi connectivity index (χ0v) is 17.1. The van der Waals surface area contributed by atoms with Gasteiger partial charge in [0.2, 0.25) is 0 Å². The van der Waals surface area contributed by atoms with Crippen molar-refractivity contribution in [1.29, 1.82) is 0 Å². The molecule has 0 saturated carbocycles. The number of hydrogen-bond acceptors (Lipinski definition) is 8. The van der Waals surface area contributed by atoms with Crippen LogP contribution in [0.3, 0.4) is 0 Å². The molecule has 0 bridgehead atoms. The summed E-state index contributed by atoms with van der Waals surface area (Å²) in [6.45, 7) is 13.0. The van der Waals surface area contributed by atoms with E-state index in [1.54, 1.807) is 20.8 Å². The Balaban J connectivity index is 3.75. The summed E-state index contributed by atoms with van der Waals surface area (Å²) in [5, 5.41) is 0. The largest absolute Gasteiger partial charge is 0.540 e.